The van der Waals surface area contributed by atoms with Crippen molar-refractivity contribution in [2.24, 2.45) is 13.0 Å². The number of nitrogens with zero attached hydrogens (tertiary/aromatic N) is 3. The highest BCUT2D eigenvalue weighted by atomic mass is 35.5. The van der Waals surface area contributed by atoms with E-state index in [1.54, 1.807) is 15.8 Å². The van der Waals surface area contributed by atoms with Gasteiger partial charge in [-0.1, -0.05) is 0 Å². The van der Waals surface area contributed by atoms with Crippen LogP contribution in [0.4, 0.5) is 0 Å². The zero-order chi connectivity index (χ0) is 10.8. The number of amides is 1. The standard InChI is InChI=1S/C10H16N4O.ClH/c1-13(10(15)9-4-11-5-9)6-8-3-12-14(2)7-8;/h3,7,9,11H,4-6H2,1-2H3;1H. The van der Waals surface area contributed by atoms with Crippen LogP contribution in [0, 0.1) is 5.92 Å². The van der Waals surface area contributed by atoms with Crippen molar-refractivity contribution in [3.63, 3.8) is 0 Å². The maximum atomic E-state index is 11.8. The van der Waals surface area contributed by atoms with E-state index in [1.165, 1.54) is 0 Å². The lowest BCUT2D eigenvalue weighted by molar-refractivity contribution is -0.136. The van der Waals surface area contributed by atoms with Gasteiger partial charge in [0.2, 0.25) is 5.91 Å². The maximum absolute atomic E-state index is 11.8. The molecule has 16 heavy (non-hydrogen) atoms. The summed E-state index contributed by atoms with van der Waals surface area (Å²) in [5.74, 6) is 0.393. The molecule has 0 saturated carbocycles. The van der Waals surface area contributed by atoms with Gasteiger partial charge in [-0.15, -0.1) is 12.4 Å². The summed E-state index contributed by atoms with van der Waals surface area (Å²) >= 11 is 0. The van der Waals surface area contributed by atoms with Crippen molar-refractivity contribution < 1.29 is 4.79 Å². The third kappa shape index (κ3) is 2.74. The predicted molar refractivity (Wildman–Crippen MR) is 63.3 cm³/mol. The lowest BCUT2D eigenvalue weighted by Crippen LogP contribution is -2.50. The second-order valence-corrected chi connectivity index (χ2v) is 4.07. The number of hydrogen-bond acceptors (Lipinski definition) is 3. The van der Waals surface area contributed by atoms with E-state index in [0.717, 1.165) is 18.7 Å². The Morgan fingerprint density at radius 2 is 2.38 bits per heavy atom. The van der Waals surface area contributed by atoms with Crippen LogP contribution in [0.3, 0.4) is 0 Å². The molecule has 1 amide bonds. The lowest BCUT2D eigenvalue weighted by atomic mass is 10.0. The number of aromatic nitrogens is 2. The van der Waals surface area contributed by atoms with Gasteiger partial charge in [0.05, 0.1) is 12.1 Å². The number of carbonyl (C=O) groups is 1. The molecule has 1 saturated heterocycles. The molecule has 0 unspecified atom stereocenters. The fourth-order valence-electron chi connectivity index (χ4n) is 1.68. The first kappa shape index (κ1) is 13.0. The molecule has 0 spiro atoms. The van der Waals surface area contributed by atoms with Crippen molar-refractivity contribution in [2.75, 3.05) is 20.1 Å². The molecule has 0 bridgehead atoms. The van der Waals surface area contributed by atoms with E-state index in [1.807, 2.05) is 20.3 Å². The zero-order valence-electron chi connectivity index (χ0n) is 9.51. The molecule has 1 N–H and O–H groups in total. The zero-order valence-corrected chi connectivity index (χ0v) is 10.3. The minimum absolute atomic E-state index is 0. The number of hydrogen-bond donors (Lipinski definition) is 1. The fourth-order valence-corrected chi connectivity index (χ4v) is 1.68. The van der Waals surface area contributed by atoms with E-state index < -0.39 is 0 Å². The topological polar surface area (TPSA) is 50.2 Å². The summed E-state index contributed by atoms with van der Waals surface area (Å²) in [6.07, 6.45) is 3.73. The smallest absolute Gasteiger partial charge is 0.228 e. The summed E-state index contributed by atoms with van der Waals surface area (Å²) in [7, 11) is 3.72. The molecule has 1 aromatic rings. The molecule has 2 heterocycles. The molecule has 90 valence electrons. The van der Waals surface area contributed by atoms with E-state index in [2.05, 4.69) is 10.4 Å². The SMILES string of the molecule is CN(Cc1cnn(C)c1)C(=O)C1CNC1.Cl. The Hall–Kier alpha value is -1.07. The van der Waals surface area contributed by atoms with Gasteiger partial charge in [0.25, 0.3) is 0 Å². The van der Waals surface area contributed by atoms with Crippen molar-refractivity contribution in [1.29, 1.82) is 0 Å². The number of rotatable bonds is 3. The Balaban J connectivity index is 0.00000128. The number of aryl methyl sites for hydroxylation is 1. The number of nitrogens with one attached hydrogen (secondary N) is 1. The second kappa shape index (κ2) is 5.32. The molecule has 1 fully saturated rings. The average molecular weight is 245 g/mol. The first-order valence-corrected chi connectivity index (χ1v) is 5.10. The lowest BCUT2D eigenvalue weighted by Gasteiger charge is -2.30. The van der Waals surface area contributed by atoms with Crippen molar-refractivity contribution in [2.45, 2.75) is 6.54 Å². The number of carbonyl (C=O) groups excluding carboxylic acids is 1. The highest BCUT2D eigenvalue weighted by Gasteiger charge is 2.27. The summed E-state index contributed by atoms with van der Waals surface area (Å²) in [4.78, 5) is 13.6. The highest BCUT2D eigenvalue weighted by molar-refractivity contribution is 5.85. The Morgan fingerprint density at radius 3 is 2.81 bits per heavy atom. The third-order valence-corrected chi connectivity index (χ3v) is 2.69. The minimum atomic E-state index is 0. The van der Waals surface area contributed by atoms with E-state index >= 15 is 0 Å². The quantitative estimate of drug-likeness (QED) is 0.816. The Morgan fingerprint density at radius 1 is 1.69 bits per heavy atom. The van der Waals surface area contributed by atoms with Gasteiger partial charge >= 0.3 is 0 Å². The highest BCUT2D eigenvalue weighted by Crippen LogP contribution is 2.09. The Bertz CT molecular complexity index is 361. The van der Waals surface area contributed by atoms with Crippen molar-refractivity contribution in [3.8, 4) is 0 Å². The molecule has 0 atom stereocenters. The van der Waals surface area contributed by atoms with Crippen LogP contribution in [-0.4, -0.2) is 40.7 Å². The molecule has 0 aromatic carbocycles. The van der Waals surface area contributed by atoms with Crippen molar-refractivity contribution in [3.05, 3.63) is 18.0 Å². The molecular weight excluding hydrogens is 228 g/mol. The monoisotopic (exact) mass is 244 g/mol. The molecule has 5 nitrogen and oxygen atoms in total. The summed E-state index contributed by atoms with van der Waals surface area (Å²) in [5.41, 5.74) is 1.07. The first-order valence-electron chi connectivity index (χ1n) is 5.10. The van der Waals surface area contributed by atoms with Crippen LogP contribution >= 0.6 is 12.4 Å². The average Bonchev–Trinajstić information content (AvgIpc) is 2.48. The normalized spacial score (nSPS) is 15.1. The van der Waals surface area contributed by atoms with Crippen LogP contribution in [0.5, 0.6) is 0 Å². The third-order valence-electron chi connectivity index (χ3n) is 2.69. The largest absolute Gasteiger partial charge is 0.341 e. The summed E-state index contributed by atoms with van der Waals surface area (Å²) in [6.45, 7) is 2.27. The van der Waals surface area contributed by atoms with E-state index in [9.17, 15) is 4.79 Å². The fraction of sp³-hybridized carbons (Fsp3) is 0.600. The van der Waals surface area contributed by atoms with Crippen molar-refractivity contribution >= 4 is 18.3 Å². The Labute approximate surface area is 101 Å². The van der Waals surface area contributed by atoms with E-state index in [-0.39, 0.29) is 24.2 Å². The summed E-state index contributed by atoms with van der Waals surface area (Å²) in [6, 6.07) is 0. The molecule has 0 aliphatic carbocycles. The van der Waals surface area contributed by atoms with Gasteiger partial charge < -0.3 is 10.2 Å². The molecule has 1 aliphatic rings. The molecule has 0 radical (unpaired) electrons. The van der Waals surface area contributed by atoms with Crippen LogP contribution in [0.2, 0.25) is 0 Å². The van der Waals surface area contributed by atoms with E-state index in [0.29, 0.717) is 6.54 Å². The van der Waals surface area contributed by atoms with Crippen LogP contribution in [-0.2, 0) is 18.4 Å². The first-order chi connectivity index (χ1) is 7.16. The minimum Gasteiger partial charge on any atom is -0.341 e. The van der Waals surface area contributed by atoms with Gasteiger partial charge in [-0.25, -0.2) is 0 Å². The summed E-state index contributed by atoms with van der Waals surface area (Å²) in [5, 5.41) is 7.18. The summed E-state index contributed by atoms with van der Waals surface area (Å²) < 4.78 is 1.75. The predicted octanol–water partition coefficient (Wildman–Crippen LogP) is 0.0197. The van der Waals surface area contributed by atoms with Gasteiger partial charge in [-0.2, -0.15) is 5.10 Å². The molecular formula is C10H17ClN4O. The van der Waals surface area contributed by atoms with Crippen LogP contribution in [0.1, 0.15) is 5.56 Å². The molecule has 1 aromatic heterocycles. The van der Waals surface area contributed by atoms with Crippen LogP contribution in [0.25, 0.3) is 0 Å². The van der Waals surface area contributed by atoms with Crippen molar-refractivity contribution in [1.82, 2.24) is 20.0 Å². The second-order valence-electron chi connectivity index (χ2n) is 4.07. The molecule has 1 aliphatic heterocycles. The van der Waals surface area contributed by atoms with Crippen LogP contribution in [0.15, 0.2) is 12.4 Å². The Kier molecular flexibility index (Phi) is 4.32. The van der Waals surface area contributed by atoms with Gasteiger partial charge in [0.15, 0.2) is 0 Å². The van der Waals surface area contributed by atoms with Gasteiger partial charge in [-0.05, 0) is 0 Å². The molecule has 2 rings (SSSR count). The van der Waals surface area contributed by atoms with Gasteiger partial charge in [0, 0.05) is 45.5 Å². The molecule has 6 heteroatoms. The van der Waals surface area contributed by atoms with Crippen LogP contribution < -0.4 is 5.32 Å². The maximum Gasteiger partial charge on any atom is 0.228 e. The number of halogens is 1. The van der Waals surface area contributed by atoms with Gasteiger partial charge in [0.1, 0.15) is 0 Å². The van der Waals surface area contributed by atoms with Gasteiger partial charge in [-0.3, -0.25) is 9.48 Å². The van der Waals surface area contributed by atoms with E-state index in [4.69, 9.17) is 0 Å².